The van der Waals surface area contributed by atoms with Crippen LogP contribution >= 0.6 is 23.4 Å². The van der Waals surface area contributed by atoms with Crippen LogP contribution in [-0.2, 0) is 9.53 Å². The topological polar surface area (TPSA) is 64.3 Å². The molecule has 21 heavy (non-hydrogen) atoms. The summed E-state index contributed by atoms with van der Waals surface area (Å²) in [5, 5.41) is 10.2. The van der Waals surface area contributed by atoms with Crippen LogP contribution in [-0.4, -0.2) is 39.1 Å². The maximum absolute atomic E-state index is 10.8. The van der Waals surface area contributed by atoms with E-state index in [1.165, 1.54) is 11.8 Å². The molecule has 2 unspecified atom stereocenters. The van der Waals surface area contributed by atoms with Crippen LogP contribution in [0.1, 0.15) is 19.4 Å². The lowest BCUT2D eigenvalue weighted by molar-refractivity contribution is -0.133. The molecular formula is C14H15ClN2O3S. The fourth-order valence-electron chi connectivity index (χ4n) is 2.67. The second-order valence-corrected chi connectivity index (χ2v) is 6.34. The number of rotatable bonds is 4. The average Bonchev–Trinajstić information content (AvgIpc) is 3.00. The van der Waals surface area contributed by atoms with Gasteiger partial charge in [-0.1, -0.05) is 29.4 Å². The molecule has 1 aliphatic rings. The number of carboxylic acid groups (broad SMARTS) is 1. The number of imidazole rings is 1. The molecule has 0 spiro atoms. The van der Waals surface area contributed by atoms with E-state index in [9.17, 15) is 4.79 Å². The van der Waals surface area contributed by atoms with Crippen LogP contribution in [0.5, 0.6) is 0 Å². The Morgan fingerprint density at radius 1 is 1.62 bits per heavy atom. The largest absolute Gasteiger partial charge is 0.481 e. The summed E-state index contributed by atoms with van der Waals surface area (Å²) in [6.07, 6.45) is 0.963. The second-order valence-electron chi connectivity index (χ2n) is 4.99. The van der Waals surface area contributed by atoms with E-state index < -0.39 is 5.97 Å². The maximum atomic E-state index is 10.8. The molecule has 0 radical (unpaired) electrons. The number of thioether (sulfide) groups is 1. The minimum Gasteiger partial charge on any atom is -0.481 e. The molecule has 2 aromatic rings. The van der Waals surface area contributed by atoms with Gasteiger partial charge in [-0.3, -0.25) is 4.79 Å². The van der Waals surface area contributed by atoms with Gasteiger partial charge in [0.25, 0.3) is 0 Å². The van der Waals surface area contributed by atoms with Gasteiger partial charge in [0.2, 0.25) is 0 Å². The average molecular weight is 327 g/mol. The number of carbonyl (C=O) groups is 1. The summed E-state index contributed by atoms with van der Waals surface area (Å²) in [6, 6.07) is 5.80. The van der Waals surface area contributed by atoms with Gasteiger partial charge in [-0.25, -0.2) is 4.98 Å². The first-order valence-corrected chi connectivity index (χ1v) is 8.07. The molecule has 1 saturated heterocycles. The molecule has 1 fully saturated rings. The number of para-hydroxylation sites is 1. The van der Waals surface area contributed by atoms with E-state index in [-0.39, 0.29) is 17.9 Å². The Bertz CT molecular complexity index is 688. The number of hydrogen-bond acceptors (Lipinski definition) is 4. The first-order valence-electron chi connectivity index (χ1n) is 6.70. The predicted molar refractivity (Wildman–Crippen MR) is 82.2 cm³/mol. The number of ether oxygens (including phenoxy) is 1. The lowest BCUT2D eigenvalue weighted by Gasteiger charge is -2.19. The third kappa shape index (κ3) is 2.75. The van der Waals surface area contributed by atoms with Crippen molar-refractivity contribution in [2.24, 2.45) is 0 Å². The van der Waals surface area contributed by atoms with Crippen LogP contribution in [0.3, 0.4) is 0 Å². The smallest absolute Gasteiger partial charge is 0.313 e. The Kier molecular flexibility index (Phi) is 4.10. The van der Waals surface area contributed by atoms with Crippen LogP contribution in [0, 0.1) is 0 Å². The van der Waals surface area contributed by atoms with Crippen molar-refractivity contribution in [1.29, 1.82) is 0 Å². The van der Waals surface area contributed by atoms with Crippen molar-refractivity contribution >= 4 is 40.4 Å². The normalized spacial score (nSPS) is 22.0. The number of halogens is 1. The molecule has 2 atom stereocenters. The van der Waals surface area contributed by atoms with Crippen molar-refractivity contribution < 1.29 is 14.6 Å². The third-order valence-electron chi connectivity index (χ3n) is 3.63. The van der Waals surface area contributed by atoms with Gasteiger partial charge in [0.1, 0.15) is 5.52 Å². The molecule has 5 nitrogen and oxygen atoms in total. The predicted octanol–water partition coefficient (Wildman–Crippen LogP) is 3.22. The Hall–Kier alpha value is -1.24. The molecule has 1 aromatic carbocycles. The van der Waals surface area contributed by atoms with Crippen LogP contribution < -0.4 is 0 Å². The number of benzene rings is 1. The SMILES string of the molecule is CC1OCCC1n1c(SCC(=O)O)nc2c(Cl)cccc21. The zero-order chi connectivity index (χ0) is 15.0. The fourth-order valence-corrected chi connectivity index (χ4v) is 3.66. The number of aliphatic carboxylic acids is 1. The molecule has 0 bridgehead atoms. The molecule has 0 amide bonds. The summed E-state index contributed by atoms with van der Waals surface area (Å²) in [5.74, 6) is -0.886. The Balaban J connectivity index is 2.11. The van der Waals surface area contributed by atoms with Crippen molar-refractivity contribution in [2.45, 2.75) is 30.6 Å². The number of hydrogen-bond donors (Lipinski definition) is 1. The van der Waals surface area contributed by atoms with Crippen molar-refractivity contribution in [2.75, 3.05) is 12.4 Å². The highest BCUT2D eigenvalue weighted by atomic mass is 35.5. The molecule has 7 heteroatoms. The highest BCUT2D eigenvalue weighted by Crippen LogP contribution is 2.36. The molecule has 3 rings (SSSR count). The highest BCUT2D eigenvalue weighted by molar-refractivity contribution is 7.99. The van der Waals surface area contributed by atoms with E-state index in [4.69, 9.17) is 21.4 Å². The van der Waals surface area contributed by atoms with E-state index in [2.05, 4.69) is 9.55 Å². The summed E-state index contributed by atoms with van der Waals surface area (Å²) in [4.78, 5) is 15.4. The van der Waals surface area contributed by atoms with Gasteiger partial charge in [0.15, 0.2) is 5.16 Å². The van der Waals surface area contributed by atoms with E-state index in [1.807, 2.05) is 19.1 Å². The number of aromatic nitrogens is 2. The summed E-state index contributed by atoms with van der Waals surface area (Å²) >= 11 is 7.43. The molecule has 112 valence electrons. The quantitative estimate of drug-likeness (QED) is 0.874. The monoisotopic (exact) mass is 326 g/mol. The van der Waals surface area contributed by atoms with Crippen molar-refractivity contribution in [3.05, 3.63) is 23.2 Å². The summed E-state index contributed by atoms with van der Waals surface area (Å²) in [7, 11) is 0. The summed E-state index contributed by atoms with van der Waals surface area (Å²) in [6.45, 7) is 2.73. The lowest BCUT2D eigenvalue weighted by Crippen LogP contribution is -2.18. The third-order valence-corrected chi connectivity index (χ3v) is 4.87. The number of carboxylic acids is 1. The molecule has 1 N–H and O–H groups in total. The molecule has 0 aliphatic carbocycles. The van der Waals surface area contributed by atoms with Gasteiger partial charge in [0, 0.05) is 6.61 Å². The number of fused-ring (bicyclic) bond motifs is 1. The van der Waals surface area contributed by atoms with Gasteiger partial charge in [-0.15, -0.1) is 0 Å². The van der Waals surface area contributed by atoms with E-state index >= 15 is 0 Å². The molecular weight excluding hydrogens is 312 g/mol. The first kappa shape index (κ1) is 14.7. The van der Waals surface area contributed by atoms with Crippen molar-refractivity contribution in [3.63, 3.8) is 0 Å². The van der Waals surface area contributed by atoms with E-state index in [0.717, 1.165) is 11.9 Å². The van der Waals surface area contributed by atoms with Crippen molar-refractivity contribution in [1.82, 2.24) is 9.55 Å². The summed E-state index contributed by atoms with van der Waals surface area (Å²) in [5.41, 5.74) is 1.64. The minimum absolute atomic E-state index is 0.0249. The van der Waals surface area contributed by atoms with Crippen LogP contribution in [0.15, 0.2) is 23.4 Å². The summed E-state index contributed by atoms with van der Waals surface area (Å²) < 4.78 is 7.72. The lowest BCUT2D eigenvalue weighted by atomic mass is 10.1. The van der Waals surface area contributed by atoms with E-state index in [0.29, 0.717) is 22.3 Å². The molecule has 2 heterocycles. The van der Waals surface area contributed by atoms with E-state index in [1.54, 1.807) is 6.07 Å². The standard InChI is InChI=1S/C14H15ClN2O3S/c1-8-10(5-6-20-8)17-11-4-2-3-9(15)13(11)16-14(17)21-7-12(18)19/h2-4,8,10H,5-7H2,1H3,(H,18,19). The fraction of sp³-hybridized carbons (Fsp3) is 0.429. The van der Waals surface area contributed by atoms with Crippen molar-refractivity contribution in [3.8, 4) is 0 Å². The Labute approximate surface area is 131 Å². The van der Waals surface area contributed by atoms with Gasteiger partial charge >= 0.3 is 5.97 Å². The zero-order valence-electron chi connectivity index (χ0n) is 11.5. The van der Waals surface area contributed by atoms with Gasteiger partial charge in [0.05, 0.1) is 28.4 Å². The molecule has 1 aliphatic heterocycles. The van der Waals surface area contributed by atoms with Gasteiger partial charge in [-0.05, 0) is 25.5 Å². The van der Waals surface area contributed by atoms with Gasteiger partial charge < -0.3 is 14.4 Å². The highest BCUT2D eigenvalue weighted by Gasteiger charge is 2.30. The number of nitrogens with zero attached hydrogens (tertiary/aromatic N) is 2. The van der Waals surface area contributed by atoms with Crippen LogP contribution in [0.25, 0.3) is 11.0 Å². The minimum atomic E-state index is -0.861. The van der Waals surface area contributed by atoms with Gasteiger partial charge in [-0.2, -0.15) is 0 Å². The molecule has 0 saturated carbocycles. The maximum Gasteiger partial charge on any atom is 0.313 e. The Morgan fingerprint density at radius 3 is 3.10 bits per heavy atom. The molecule has 1 aromatic heterocycles. The second kappa shape index (κ2) is 5.87. The zero-order valence-corrected chi connectivity index (χ0v) is 13.0. The first-order chi connectivity index (χ1) is 10.1. The Morgan fingerprint density at radius 2 is 2.43 bits per heavy atom. The van der Waals surface area contributed by atoms with Crippen LogP contribution in [0.2, 0.25) is 5.02 Å². The van der Waals surface area contributed by atoms with Crippen LogP contribution in [0.4, 0.5) is 0 Å².